The average Bonchev–Trinajstić information content (AvgIpc) is 2.56. The Kier molecular flexibility index (Phi) is 4.66. The lowest BCUT2D eigenvalue weighted by Crippen LogP contribution is -2.00. The summed E-state index contributed by atoms with van der Waals surface area (Å²) in [4.78, 5) is 2.38. The van der Waals surface area contributed by atoms with Crippen LogP contribution in [0.1, 0.15) is 5.56 Å². The summed E-state index contributed by atoms with van der Waals surface area (Å²) in [5.41, 5.74) is 1.96. The van der Waals surface area contributed by atoms with Crippen LogP contribution in [-0.2, 0) is 6.54 Å². The van der Waals surface area contributed by atoms with Gasteiger partial charge in [0, 0.05) is 27.6 Å². The first kappa shape index (κ1) is 14.5. The first-order valence-corrected chi connectivity index (χ1v) is 7.97. The zero-order valence-electron chi connectivity index (χ0n) is 12.1. The predicted octanol–water partition coefficient (Wildman–Crippen LogP) is 5.16. The number of hydrogen-bond donors (Lipinski definition) is 2. The lowest BCUT2D eigenvalue weighted by molar-refractivity contribution is 0.469. The van der Waals surface area contributed by atoms with Gasteiger partial charge in [-0.25, -0.2) is 0 Å². The minimum absolute atomic E-state index is 0.322. The number of rotatable bonds is 5. The fourth-order valence-electron chi connectivity index (χ4n) is 2.17. The first-order chi connectivity index (χ1) is 10.8. The summed E-state index contributed by atoms with van der Waals surface area (Å²) in [5.74, 6) is 0.322. The van der Waals surface area contributed by atoms with Crippen molar-refractivity contribution in [2.24, 2.45) is 0 Å². The summed E-state index contributed by atoms with van der Waals surface area (Å²) >= 11 is 1.73. The summed E-state index contributed by atoms with van der Waals surface area (Å²) in [6, 6.07) is 25.9. The van der Waals surface area contributed by atoms with Gasteiger partial charge in [0.2, 0.25) is 0 Å². The molecule has 0 saturated heterocycles. The topological polar surface area (TPSA) is 32.3 Å². The fraction of sp³-hybridized carbons (Fsp3) is 0.0526. The molecule has 0 aliphatic rings. The second-order valence-corrected chi connectivity index (χ2v) is 6.01. The Bertz CT molecular complexity index is 743. The van der Waals surface area contributed by atoms with E-state index in [9.17, 15) is 5.11 Å². The van der Waals surface area contributed by atoms with Crippen molar-refractivity contribution in [3.63, 3.8) is 0 Å². The van der Waals surface area contributed by atoms with Gasteiger partial charge in [-0.05, 0) is 30.3 Å². The maximum Gasteiger partial charge on any atom is 0.120 e. The van der Waals surface area contributed by atoms with Crippen molar-refractivity contribution in [2.75, 3.05) is 5.32 Å². The van der Waals surface area contributed by atoms with E-state index in [1.807, 2.05) is 48.5 Å². The maximum absolute atomic E-state index is 9.85. The van der Waals surface area contributed by atoms with Crippen LogP contribution in [0.25, 0.3) is 0 Å². The van der Waals surface area contributed by atoms with Crippen LogP contribution < -0.4 is 5.32 Å². The number of phenols is 1. The number of aromatic hydroxyl groups is 1. The van der Waals surface area contributed by atoms with E-state index in [2.05, 4.69) is 29.6 Å². The molecule has 0 aliphatic carbocycles. The maximum atomic E-state index is 9.85. The Labute approximate surface area is 134 Å². The Balaban J connectivity index is 1.75. The number of anilines is 1. The summed E-state index contributed by atoms with van der Waals surface area (Å²) in [6.07, 6.45) is 0. The van der Waals surface area contributed by atoms with Gasteiger partial charge in [0.05, 0.1) is 0 Å². The van der Waals surface area contributed by atoms with Crippen molar-refractivity contribution >= 4 is 17.4 Å². The Morgan fingerprint density at radius 1 is 0.773 bits per heavy atom. The highest BCUT2D eigenvalue weighted by atomic mass is 32.2. The van der Waals surface area contributed by atoms with E-state index < -0.39 is 0 Å². The number of para-hydroxylation sites is 2. The zero-order chi connectivity index (χ0) is 15.2. The third-order valence-corrected chi connectivity index (χ3v) is 4.40. The van der Waals surface area contributed by atoms with Gasteiger partial charge in [-0.3, -0.25) is 0 Å². The number of hydrogen-bond acceptors (Lipinski definition) is 3. The molecule has 2 nitrogen and oxygen atoms in total. The number of nitrogens with one attached hydrogen (secondary N) is 1. The third-order valence-electron chi connectivity index (χ3n) is 3.32. The van der Waals surface area contributed by atoms with Crippen molar-refractivity contribution in [3.8, 4) is 5.75 Å². The normalized spacial score (nSPS) is 10.4. The van der Waals surface area contributed by atoms with Crippen molar-refractivity contribution in [3.05, 3.63) is 84.4 Å². The van der Waals surface area contributed by atoms with Crippen LogP contribution in [-0.4, -0.2) is 5.11 Å². The molecule has 0 amide bonds. The molecular formula is C19H17NOS. The standard InChI is InChI=1S/C19H17NOS/c21-18-12-6-4-8-15(18)14-20-17-11-5-7-13-19(17)22-16-9-2-1-3-10-16/h1-13,20-21H,14H2. The van der Waals surface area contributed by atoms with E-state index in [4.69, 9.17) is 0 Å². The number of phenolic OH excluding ortho intramolecular Hbond substituents is 1. The molecule has 0 fully saturated rings. The minimum atomic E-state index is 0.322. The van der Waals surface area contributed by atoms with Gasteiger partial charge < -0.3 is 10.4 Å². The molecule has 0 spiro atoms. The van der Waals surface area contributed by atoms with Gasteiger partial charge in [0.1, 0.15) is 5.75 Å². The Morgan fingerprint density at radius 2 is 1.45 bits per heavy atom. The van der Waals surface area contributed by atoms with Gasteiger partial charge in [0.25, 0.3) is 0 Å². The molecule has 0 bridgehead atoms. The van der Waals surface area contributed by atoms with Gasteiger partial charge in [-0.2, -0.15) is 0 Å². The molecule has 3 aromatic carbocycles. The van der Waals surface area contributed by atoms with Crippen LogP contribution >= 0.6 is 11.8 Å². The van der Waals surface area contributed by atoms with Crippen LogP contribution in [0.2, 0.25) is 0 Å². The van der Waals surface area contributed by atoms with Crippen LogP contribution in [0, 0.1) is 0 Å². The molecule has 0 aliphatic heterocycles. The lowest BCUT2D eigenvalue weighted by atomic mass is 10.2. The Morgan fingerprint density at radius 3 is 2.27 bits per heavy atom. The highest BCUT2D eigenvalue weighted by Crippen LogP contribution is 2.33. The predicted molar refractivity (Wildman–Crippen MR) is 92.4 cm³/mol. The van der Waals surface area contributed by atoms with Gasteiger partial charge >= 0.3 is 0 Å². The SMILES string of the molecule is Oc1ccccc1CNc1ccccc1Sc1ccccc1. The Hall–Kier alpha value is -2.39. The van der Waals surface area contributed by atoms with Crippen LogP contribution in [0.3, 0.4) is 0 Å². The monoisotopic (exact) mass is 307 g/mol. The van der Waals surface area contributed by atoms with Crippen LogP contribution in [0.5, 0.6) is 5.75 Å². The summed E-state index contributed by atoms with van der Waals surface area (Å²) in [5, 5.41) is 13.3. The molecular weight excluding hydrogens is 290 g/mol. The molecule has 0 heterocycles. The third kappa shape index (κ3) is 3.62. The summed E-state index contributed by atoms with van der Waals surface area (Å²) in [7, 11) is 0. The van der Waals surface area contributed by atoms with Gasteiger partial charge in [0.15, 0.2) is 0 Å². The van der Waals surface area contributed by atoms with Crippen molar-refractivity contribution in [2.45, 2.75) is 16.3 Å². The average molecular weight is 307 g/mol. The minimum Gasteiger partial charge on any atom is -0.508 e. The highest BCUT2D eigenvalue weighted by molar-refractivity contribution is 7.99. The highest BCUT2D eigenvalue weighted by Gasteiger charge is 2.05. The van der Waals surface area contributed by atoms with Crippen LogP contribution in [0.4, 0.5) is 5.69 Å². The summed E-state index contributed by atoms with van der Waals surface area (Å²) in [6.45, 7) is 0.596. The molecule has 110 valence electrons. The smallest absolute Gasteiger partial charge is 0.120 e. The molecule has 3 heteroatoms. The zero-order valence-corrected chi connectivity index (χ0v) is 12.9. The molecule has 0 aromatic heterocycles. The molecule has 2 N–H and O–H groups in total. The molecule has 3 aromatic rings. The van der Waals surface area contributed by atoms with Gasteiger partial charge in [-0.1, -0.05) is 60.3 Å². The summed E-state index contributed by atoms with van der Waals surface area (Å²) < 4.78 is 0. The lowest BCUT2D eigenvalue weighted by Gasteiger charge is -2.12. The van der Waals surface area contributed by atoms with E-state index in [-0.39, 0.29) is 0 Å². The first-order valence-electron chi connectivity index (χ1n) is 7.15. The molecule has 3 rings (SSSR count). The van der Waals surface area contributed by atoms with E-state index in [1.54, 1.807) is 17.8 Å². The molecule has 0 unspecified atom stereocenters. The quantitative estimate of drug-likeness (QED) is 0.683. The molecule has 22 heavy (non-hydrogen) atoms. The second-order valence-electron chi connectivity index (χ2n) is 4.89. The molecule has 0 radical (unpaired) electrons. The van der Waals surface area contributed by atoms with E-state index in [1.165, 1.54) is 9.79 Å². The van der Waals surface area contributed by atoms with Gasteiger partial charge in [-0.15, -0.1) is 0 Å². The number of benzene rings is 3. The fourth-order valence-corrected chi connectivity index (χ4v) is 3.11. The van der Waals surface area contributed by atoms with E-state index in [0.29, 0.717) is 12.3 Å². The largest absolute Gasteiger partial charge is 0.508 e. The molecule has 0 saturated carbocycles. The van der Waals surface area contributed by atoms with E-state index >= 15 is 0 Å². The van der Waals surface area contributed by atoms with Crippen molar-refractivity contribution in [1.29, 1.82) is 0 Å². The van der Waals surface area contributed by atoms with Crippen molar-refractivity contribution in [1.82, 2.24) is 0 Å². The second kappa shape index (κ2) is 7.05. The molecule has 0 atom stereocenters. The van der Waals surface area contributed by atoms with E-state index in [0.717, 1.165) is 11.3 Å². The van der Waals surface area contributed by atoms with Crippen molar-refractivity contribution < 1.29 is 5.11 Å². The van der Waals surface area contributed by atoms with Crippen LogP contribution in [0.15, 0.2) is 88.7 Å².